The molecule has 0 spiro atoms. The number of fused-ring (bicyclic) bond motifs is 1. The van der Waals surface area contributed by atoms with Crippen molar-refractivity contribution in [1.82, 2.24) is 0 Å². The summed E-state index contributed by atoms with van der Waals surface area (Å²) in [5.41, 5.74) is 4.04. The smallest absolute Gasteiger partial charge is 0.203 e. The number of phenolic OH excluding ortho intramolecular Hbond substituents is 1. The van der Waals surface area contributed by atoms with Crippen molar-refractivity contribution >= 4 is 0 Å². The fraction of sp³-hybridized carbons (Fsp3) is 0.294. The van der Waals surface area contributed by atoms with Gasteiger partial charge >= 0.3 is 0 Å². The van der Waals surface area contributed by atoms with Gasteiger partial charge in [-0.15, -0.1) is 0 Å². The molecular formula is C17H18O4. The molecule has 0 saturated carbocycles. The molecule has 0 amide bonds. The lowest BCUT2D eigenvalue weighted by atomic mass is 9.99. The number of benzene rings is 2. The van der Waals surface area contributed by atoms with Crippen LogP contribution in [0.2, 0.25) is 0 Å². The van der Waals surface area contributed by atoms with Gasteiger partial charge in [-0.2, -0.15) is 0 Å². The molecule has 1 aliphatic rings. The van der Waals surface area contributed by atoms with Gasteiger partial charge in [-0.25, -0.2) is 0 Å². The summed E-state index contributed by atoms with van der Waals surface area (Å²) < 4.78 is 16.2. The summed E-state index contributed by atoms with van der Waals surface area (Å²) in [4.78, 5) is 0. The molecule has 110 valence electrons. The second-order valence-corrected chi connectivity index (χ2v) is 4.90. The predicted molar refractivity (Wildman–Crippen MR) is 79.8 cm³/mol. The Hall–Kier alpha value is -2.20. The molecule has 0 atom stereocenters. The Balaban J connectivity index is 2.06. The molecule has 0 aromatic heterocycles. The van der Waals surface area contributed by atoms with Gasteiger partial charge in [-0.05, 0) is 41.8 Å². The minimum absolute atomic E-state index is 0.0994. The Kier molecular flexibility index (Phi) is 3.71. The molecule has 0 unspecified atom stereocenters. The molecule has 0 radical (unpaired) electrons. The van der Waals surface area contributed by atoms with Crippen LogP contribution in [0, 0.1) is 0 Å². The highest BCUT2D eigenvalue weighted by Crippen LogP contribution is 2.44. The third kappa shape index (κ3) is 2.43. The summed E-state index contributed by atoms with van der Waals surface area (Å²) in [6.45, 7) is 3.70. The van der Waals surface area contributed by atoms with Crippen LogP contribution in [0.15, 0.2) is 30.3 Å². The van der Waals surface area contributed by atoms with E-state index < -0.39 is 0 Å². The van der Waals surface area contributed by atoms with Crippen LogP contribution in [0.25, 0.3) is 11.1 Å². The van der Waals surface area contributed by atoms with Gasteiger partial charge in [0.05, 0.1) is 26.9 Å². The van der Waals surface area contributed by atoms with Crippen LogP contribution in [-0.2, 0) is 18.0 Å². The van der Waals surface area contributed by atoms with Gasteiger partial charge in [0, 0.05) is 5.56 Å². The summed E-state index contributed by atoms with van der Waals surface area (Å²) in [5.74, 6) is 1.01. The number of aromatic hydroxyl groups is 1. The molecule has 2 aromatic carbocycles. The van der Waals surface area contributed by atoms with Crippen molar-refractivity contribution in [1.29, 1.82) is 0 Å². The average molecular weight is 286 g/mol. The van der Waals surface area contributed by atoms with E-state index in [2.05, 4.69) is 6.07 Å². The van der Waals surface area contributed by atoms with Gasteiger partial charge in [0.15, 0.2) is 11.5 Å². The van der Waals surface area contributed by atoms with Crippen molar-refractivity contribution < 1.29 is 19.3 Å². The highest BCUT2D eigenvalue weighted by atomic mass is 16.5. The maximum atomic E-state index is 10.5. The van der Waals surface area contributed by atoms with Gasteiger partial charge in [0.2, 0.25) is 5.75 Å². The molecule has 1 heterocycles. The van der Waals surface area contributed by atoms with Crippen molar-refractivity contribution in [2.75, 3.05) is 13.7 Å². The Morgan fingerprint density at radius 1 is 1.14 bits per heavy atom. The van der Waals surface area contributed by atoms with E-state index in [-0.39, 0.29) is 5.75 Å². The van der Waals surface area contributed by atoms with Crippen LogP contribution < -0.4 is 9.47 Å². The summed E-state index contributed by atoms with van der Waals surface area (Å²) in [6, 6.07) is 9.75. The van der Waals surface area contributed by atoms with E-state index in [4.69, 9.17) is 14.2 Å². The van der Waals surface area contributed by atoms with Gasteiger partial charge in [-0.3, -0.25) is 0 Å². The van der Waals surface area contributed by atoms with E-state index in [1.165, 1.54) is 18.2 Å². The summed E-state index contributed by atoms with van der Waals surface area (Å²) in [7, 11) is 1.53. The zero-order valence-corrected chi connectivity index (χ0v) is 12.2. The SMILES string of the molecule is CCOc1ccc(-c2ccc3c(c2)COC3)c(O)c1OC. The third-order valence-corrected chi connectivity index (χ3v) is 3.63. The van der Waals surface area contributed by atoms with Crippen molar-refractivity contribution in [2.45, 2.75) is 20.1 Å². The second kappa shape index (κ2) is 5.66. The lowest BCUT2D eigenvalue weighted by molar-refractivity contribution is 0.134. The monoisotopic (exact) mass is 286 g/mol. The highest BCUT2D eigenvalue weighted by molar-refractivity contribution is 5.76. The number of hydrogen-bond acceptors (Lipinski definition) is 4. The van der Waals surface area contributed by atoms with Crippen molar-refractivity contribution in [3.05, 3.63) is 41.5 Å². The molecule has 4 nitrogen and oxygen atoms in total. The second-order valence-electron chi connectivity index (χ2n) is 4.90. The summed E-state index contributed by atoms with van der Waals surface area (Å²) in [6.07, 6.45) is 0. The predicted octanol–water partition coefficient (Wildman–Crippen LogP) is 3.50. The number of methoxy groups -OCH3 is 1. The summed E-state index contributed by atoms with van der Waals surface area (Å²) in [5, 5.41) is 10.5. The van der Waals surface area contributed by atoms with Gasteiger partial charge in [0.1, 0.15) is 0 Å². The van der Waals surface area contributed by atoms with E-state index in [1.807, 2.05) is 31.2 Å². The Bertz CT molecular complexity index is 664. The standard InChI is InChI=1S/C17H18O4/c1-3-21-15-7-6-14(16(18)17(15)19-2)11-4-5-12-9-20-10-13(12)8-11/h4-8,18H,3,9-10H2,1-2H3. The molecule has 0 saturated heterocycles. The number of phenols is 1. The van der Waals surface area contributed by atoms with E-state index in [0.29, 0.717) is 31.3 Å². The molecule has 4 heteroatoms. The van der Waals surface area contributed by atoms with Crippen molar-refractivity contribution in [2.24, 2.45) is 0 Å². The van der Waals surface area contributed by atoms with Gasteiger partial charge in [-0.1, -0.05) is 12.1 Å². The lowest BCUT2D eigenvalue weighted by Gasteiger charge is -2.14. The maximum Gasteiger partial charge on any atom is 0.203 e. The highest BCUT2D eigenvalue weighted by Gasteiger charge is 2.18. The number of hydrogen-bond donors (Lipinski definition) is 1. The lowest BCUT2D eigenvalue weighted by Crippen LogP contribution is -1.96. The van der Waals surface area contributed by atoms with Crippen molar-refractivity contribution in [3.8, 4) is 28.4 Å². The number of ether oxygens (including phenoxy) is 3. The Labute approximate surface area is 123 Å². The van der Waals surface area contributed by atoms with Gasteiger partial charge in [0.25, 0.3) is 0 Å². The fourth-order valence-electron chi connectivity index (χ4n) is 2.59. The third-order valence-electron chi connectivity index (χ3n) is 3.63. The minimum Gasteiger partial charge on any atom is -0.504 e. The quantitative estimate of drug-likeness (QED) is 0.934. The van der Waals surface area contributed by atoms with Crippen LogP contribution in [0.3, 0.4) is 0 Å². The van der Waals surface area contributed by atoms with Gasteiger partial charge < -0.3 is 19.3 Å². The van der Waals surface area contributed by atoms with E-state index in [1.54, 1.807) is 0 Å². The molecular weight excluding hydrogens is 268 g/mol. The Morgan fingerprint density at radius 2 is 1.95 bits per heavy atom. The molecule has 0 aliphatic carbocycles. The van der Waals surface area contributed by atoms with E-state index in [9.17, 15) is 5.11 Å². The normalized spacial score (nSPS) is 13.0. The zero-order chi connectivity index (χ0) is 14.8. The largest absolute Gasteiger partial charge is 0.504 e. The molecule has 21 heavy (non-hydrogen) atoms. The maximum absolute atomic E-state index is 10.5. The first kappa shape index (κ1) is 13.8. The number of rotatable bonds is 4. The molecule has 0 fully saturated rings. The first-order valence-electron chi connectivity index (χ1n) is 6.97. The summed E-state index contributed by atoms with van der Waals surface area (Å²) >= 11 is 0. The molecule has 2 aromatic rings. The zero-order valence-electron chi connectivity index (χ0n) is 12.2. The molecule has 1 aliphatic heterocycles. The van der Waals surface area contributed by atoms with Crippen LogP contribution >= 0.6 is 0 Å². The van der Waals surface area contributed by atoms with Crippen molar-refractivity contribution in [3.63, 3.8) is 0 Å². The Morgan fingerprint density at radius 3 is 2.71 bits per heavy atom. The minimum atomic E-state index is 0.0994. The average Bonchev–Trinajstić information content (AvgIpc) is 2.95. The first-order valence-corrected chi connectivity index (χ1v) is 6.97. The molecule has 0 bridgehead atoms. The van der Waals surface area contributed by atoms with E-state index >= 15 is 0 Å². The van der Waals surface area contributed by atoms with Crippen LogP contribution in [0.5, 0.6) is 17.2 Å². The van der Waals surface area contributed by atoms with Crippen LogP contribution in [0.4, 0.5) is 0 Å². The molecule has 3 rings (SSSR count). The van der Waals surface area contributed by atoms with Crippen LogP contribution in [-0.4, -0.2) is 18.8 Å². The fourth-order valence-corrected chi connectivity index (χ4v) is 2.59. The molecule has 1 N–H and O–H groups in total. The van der Waals surface area contributed by atoms with Crippen LogP contribution in [0.1, 0.15) is 18.1 Å². The topological polar surface area (TPSA) is 47.9 Å². The van der Waals surface area contributed by atoms with E-state index in [0.717, 1.165) is 11.1 Å². The first-order chi connectivity index (χ1) is 10.2.